The minimum Gasteiger partial charge on any atom is -0.616 e. The molecule has 4 unspecified atom stereocenters. The van der Waals surface area contributed by atoms with Gasteiger partial charge in [0.1, 0.15) is 23.4 Å². The summed E-state index contributed by atoms with van der Waals surface area (Å²) >= 11 is -1.19. The zero-order valence-electron chi connectivity index (χ0n) is 18.9. The first-order chi connectivity index (χ1) is 14.8. The van der Waals surface area contributed by atoms with Gasteiger partial charge in [0, 0.05) is 11.1 Å². The molecule has 2 aromatic rings. The second kappa shape index (κ2) is 9.89. The second-order valence-electron chi connectivity index (χ2n) is 8.23. The van der Waals surface area contributed by atoms with Crippen LogP contribution in [-0.4, -0.2) is 21.4 Å². The van der Waals surface area contributed by atoms with E-state index in [9.17, 15) is 4.55 Å². The summed E-state index contributed by atoms with van der Waals surface area (Å²) in [5, 5.41) is 11.0. The molecule has 5 heteroatoms. The van der Waals surface area contributed by atoms with Crippen LogP contribution < -0.4 is 5.32 Å². The summed E-state index contributed by atoms with van der Waals surface area (Å²) in [4.78, 5) is 0. The van der Waals surface area contributed by atoms with Crippen LogP contribution in [0.25, 0.3) is 11.1 Å². The first-order valence-corrected chi connectivity index (χ1v) is 12.3. The maximum Gasteiger partial charge on any atom is 0.171 e. The predicted molar refractivity (Wildman–Crippen MR) is 129 cm³/mol. The molecule has 0 aromatic heterocycles. The Morgan fingerprint density at radius 1 is 1.26 bits per heavy atom. The Kier molecular flexibility index (Phi) is 7.46. The van der Waals surface area contributed by atoms with Crippen molar-refractivity contribution in [2.45, 2.75) is 64.7 Å². The van der Waals surface area contributed by atoms with Crippen molar-refractivity contribution in [3.8, 4) is 23.0 Å². The Morgan fingerprint density at radius 2 is 2.00 bits per heavy atom. The van der Waals surface area contributed by atoms with Crippen LogP contribution in [0.3, 0.4) is 0 Å². The van der Waals surface area contributed by atoms with Gasteiger partial charge in [-0.05, 0) is 90.3 Å². The van der Waals surface area contributed by atoms with Gasteiger partial charge in [0.05, 0.1) is 0 Å². The molecule has 4 atom stereocenters. The molecule has 0 radical (unpaired) electrons. The van der Waals surface area contributed by atoms with Gasteiger partial charge in [-0.25, -0.2) is 4.39 Å². The molecule has 0 bridgehead atoms. The van der Waals surface area contributed by atoms with Crippen LogP contribution in [0.2, 0.25) is 0 Å². The Hall–Kier alpha value is -2.29. The molecule has 31 heavy (non-hydrogen) atoms. The van der Waals surface area contributed by atoms with Gasteiger partial charge in [-0.15, -0.1) is 5.92 Å². The van der Waals surface area contributed by atoms with E-state index in [1.165, 1.54) is 5.56 Å². The van der Waals surface area contributed by atoms with Crippen LogP contribution in [0.1, 0.15) is 74.8 Å². The van der Waals surface area contributed by atoms with E-state index >= 15 is 4.39 Å². The fourth-order valence-electron chi connectivity index (χ4n) is 4.20. The molecule has 1 aliphatic heterocycles. The maximum atomic E-state index is 15.1. The monoisotopic (exact) mass is 438 g/mol. The molecule has 1 aliphatic rings. The summed E-state index contributed by atoms with van der Waals surface area (Å²) in [7, 11) is 0. The van der Waals surface area contributed by atoms with Gasteiger partial charge in [-0.2, -0.15) is 0 Å². The minimum atomic E-state index is -1.19. The van der Waals surface area contributed by atoms with Gasteiger partial charge >= 0.3 is 0 Å². The molecule has 3 nitrogen and oxygen atoms in total. The highest BCUT2D eigenvalue weighted by Gasteiger charge is 2.37. The van der Waals surface area contributed by atoms with E-state index in [2.05, 4.69) is 43.1 Å². The average molecular weight is 439 g/mol. The SMILES string of the molecule is CC#Cc1ccc(C(C)CC)c(-c2cc(C3C[S+]([O-])C(CC)C(=N)N3)c(F)cc2C)c1. The molecule has 1 saturated heterocycles. The highest BCUT2D eigenvalue weighted by molar-refractivity contribution is 7.92. The zero-order chi connectivity index (χ0) is 22.7. The number of hydrogen-bond donors (Lipinski definition) is 2. The van der Waals surface area contributed by atoms with Crippen LogP contribution in [0.15, 0.2) is 30.3 Å². The van der Waals surface area contributed by atoms with Crippen molar-refractivity contribution in [1.29, 1.82) is 5.41 Å². The van der Waals surface area contributed by atoms with Crippen molar-refractivity contribution in [1.82, 2.24) is 5.32 Å². The third-order valence-electron chi connectivity index (χ3n) is 6.15. The summed E-state index contributed by atoms with van der Waals surface area (Å²) in [6.07, 6.45) is 1.63. The highest BCUT2D eigenvalue weighted by atomic mass is 32.2. The van der Waals surface area contributed by atoms with Gasteiger partial charge in [0.15, 0.2) is 5.25 Å². The van der Waals surface area contributed by atoms with Crippen molar-refractivity contribution in [3.05, 3.63) is 58.4 Å². The first-order valence-electron chi connectivity index (χ1n) is 10.9. The Bertz CT molecular complexity index is 1040. The maximum absolute atomic E-state index is 15.1. The van der Waals surface area contributed by atoms with Crippen LogP contribution >= 0.6 is 0 Å². The van der Waals surface area contributed by atoms with E-state index in [0.717, 1.165) is 28.7 Å². The molecular formula is C26H31FN2OS. The molecular weight excluding hydrogens is 407 g/mol. The predicted octanol–water partition coefficient (Wildman–Crippen LogP) is 5.83. The third-order valence-corrected chi connectivity index (χ3v) is 8.01. The number of aryl methyl sites for hydroxylation is 1. The molecule has 0 aliphatic carbocycles. The van der Waals surface area contributed by atoms with Gasteiger partial charge < -0.3 is 9.87 Å². The fraction of sp³-hybridized carbons (Fsp3) is 0.423. The summed E-state index contributed by atoms with van der Waals surface area (Å²) < 4.78 is 27.7. The normalized spacial score (nSPS) is 21.8. The van der Waals surface area contributed by atoms with E-state index in [1.807, 2.05) is 32.9 Å². The molecule has 1 heterocycles. The largest absolute Gasteiger partial charge is 0.616 e. The lowest BCUT2D eigenvalue weighted by atomic mass is 9.86. The van der Waals surface area contributed by atoms with Gasteiger partial charge in [-0.1, -0.05) is 32.8 Å². The lowest BCUT2D eigenvalue weighted by Gasteiger charge is -2.33. The van der Waals surface area contributed by atoms with Gasteiger partial charge in [0.2, 0.25) is 0 Å². The van der Waals surface area contributed by atoms with E-state index < -0.39 is 17.2 Å². The van der Waals surface area contributed by atoms with Gasteiger partial charge in [0.25, 0.3) is 0 Å². The molecule has 3 rings (SSSR count). The summed E-state index contributed by atoms with van der Waals surface area (Å²) in [6.45, 7) is 10.0. The number of amidine groups is 1. The molecule has 0 saturated carbocycles. The molecule has 0 amide bonds. The molecule has 2 N–H and O–H groups in total. The molecule has 1 fully saturated rings. The second-order valence-corrected chi connectivity index (χ2v) is 9.89. The van der Waals surface area contributed by atoms with Crippen molar-refractivity contribution in [2.75, 3.05) is 5.75 Å². The molecule has 2 aromatic carbocycles. The van der Waals surface area contributed by atoms with Crippen molar-refractivity contribution >= 4 is 17.0 Å². The van der Waals surface area contributed by atoms with Crippen molar-refractivity contribution in [2.24, 2.45) is 0 Å². The lowest BCUT2D eigenvalue weighted by Crippen LogP contribution is -2.50. The highest BCUT2D eigenvalue weighted by Crippen LogP contribution is 2.37. The average Bonchev–Trinajstić information content (AvgIpc) is 2.73. The lowest BCUT2D eigenvalue weighted by molar-refractivity contribution is 0.541. The number of benzene rings is 2. The quantitative estimate of drug-likeness (QED) is 0.455. The van der Waals surface area contributed by atoms with E-state index in [-0.39, 0.29) is 16.9 Å². The van der Waals surface area contributed by atoms with Gasteiger partial charge in [-0.3, -0.25) is 5.41 Å². The number of halogens is 1. The Morgan fingerprint density at radius 3 is 2.61 bits per heavy atom. The van der Waals surface area contributed by atoms with Crippen LogP contribution in [-0.2, 0) is 11.2 Å². The summed E-state index contributed by atoms with van der Waals surface area (Å²) in [6, 6.07) is 9.22. The minimum absolute atomic E-state index is 0.235. The van der Waals surface area contributed by atoms with E-state index in [0.29, 0.717) is 23.7 Å². The van der Waals surface area contributed by atoms with E-state index in [1.54, 1.807) is 6.07 Å². The smallest absolute Gasteiger partial charge is 0.171 e. The first kappa shape index (κ1) is 23.4. The van der Waals surface area contributed by atoms with Crippen LogP contribution in [0.5, 0.6) is 0 Å². The number of hydrogen-bond acceptors (Lipinski definition) is 2. The molecule has 164 valence electrons. The summed E-state index contributed by atoms with van der Waals surface area (Å²) in [5.74, 6) is 6.65. The Balaban J connectivity index is 2.13. The molecule has 0 spiro atoms. The zero-order valence-corrected chi connectivity index (χ0v) is 19.8. The van der Waals surface area contributed by atoms with Crippen molar-refractivity contribution < 1.29 is 8.94 Å². The van der Waals surface area contributed by atoms with Crippen molar-refractivity contribution in [3.63, 3.8) is 0 Å². The van der Waals surface area contributed by atoms with Crippen LogP contribution in [0, 0.1) is 30.0 Å². The fourth-order valence-corrected chi connectivity index (χ4v) is 5.73. The van der Waals surface area contributed by atoms with Crippen LogP contribution in [0.4, 0.5) is 4.39 Å². The summed E-state index contributed by atoms with van der Waals surface area (Å²) in [5.41, 5.74) is 5.49. The third kappa shape index (κ3) is 4.81. The topological polar surface area (TPSA) is 58.9 Å². The van der Waals surface area contributed by atoms with E-state index in [4.69, 9.17) is 5.41 Å². The number of nitrogens with one attached hydrogen (secondary N) is 2. The Labute approximate surface area is 188 Å². The standard InChI is InChI=1S/C26H31FN2OS/c1-6-9-18-10-11-19(16(4)7-2)21(13-18)20-14-22(23(27)12-17(20)5)24-15-31(30)25(8-3)26(28)29-24/h10-14,16,24-25H,7-8,15H2,1-5H3,(H2,28,29). The number of rotatable bonds is 5.